The van der Waals surface area contributed by atoms with Crippen molar-refractivity contribution in [2.45, 2.75) is 71.1 Å². The topological polar surface area (TPSA) is 0 Å². The lowest BCUT2D eigenvalue weighted by atomic mass is 9.72. The molecule has 0 nitrogen and oxygen atoms in total. The molecule has 2 rings (SSSR count). The van der Waals surface area contributed by atoms with E-state index in [0.29, 0.717) is 0 Å². The van der Waals surface area contributed by atoms with E-state index in [0.717, 1.165) is 17.8 Å². The van der Waals surface area contributed by atoms with Crippen LogP contribution in [-0.2, 0) is 0 Å². The second-order valence-corrected chi connectivity index (χ2v) is 5.51. The maximum Gasteiger partial charge on any atom is -0.0360 e. The van der Waals surface area contributed by atoms with Crippen LogP contribution in [0.5, 0.6) is 0 Å². The van der Waals surface area contributed by atoms with Gasteiger partial charge in [-0.25, -0.2) is 0 Å². The maximum absolute atomic E-state index is 2.43. The highest BCUT2D eigenvalue weighted by molar-refractivity contribution is 4.81. The zero-order valence-electron chi connectivity index (χ0n) is 9.80. The minimum absolute atomic E-state index is 1.10. The molecule has 14 heavy (non-hydrogen) atoms. The molecule has 0 radical (unpaired) electrons. The van der Waals surface area contributed by atoms with Gasteiger partial charge in [0.1, 0.15) is 0 Å². The first-order valence-electron chi connectivity index (χ1n) is 6.92. The predicted molar refractivity (Wildman–Crippen MR) is 62.3 cm³/mol. The van der Waals surface area contributed by atoms with Gasteiger partial charge in [0.05, 0.1) is 0 Å². The number of hydrogen-bond donors (Lipinski definition) is 0. The fourth-order valence-corrected chi connectivity index (χ4v) is 4.00. The van der Waals surface area contributed by atoms with E-state index in [1.807, 2.05) is 0 Å². The second-order valence-electron chi connectivity index (χ2n) is 5.51. The van der Waals surface area contributed by atoms with Crippen molar-refractivity contribution in [3.63, 3.8) is 0 Å². The number of hydrogen-bond acceptors (Lipinski definition) is 0. The second kappa shape index (κ2) is 5.19. The monoisotopic (exact) mass is 194 g/mol. The molecule has 0 heteroatoms. The fourth-order valence-electron chi connectivity index (χ4n) is 4.00. The largest absolute Gasteiger partial charge is 0.0651 e. The molecule has 0 aromatic heterocycles. The van der Waals surface area contributed by atoms with Crippen molar-refractivity contribution in [2.24, 2.45) is 17.8 Å². The molecule has 1 atom stereocenters. The van der Waals surface area contributed by atoms with Crippen LogP contribution in [-0.4, -0.2) is 0 Å². The zero-order chi connectivity index (χ0) is 9.80. The van der Waals surface area contributed by atoms with Crippen molar-refractivity contribution in [1.82, 2.24) is 0 Å². The van der Waals surface area contributed by atoms with Crippen LogP contribution in [0.25, 0.3) is 0 Å². The third-order valence-corrected chi connectivity index (χ3v) is 4.73. The van der Waals surface area contributed by atoms with Crippen LogP contribution in [0.1, 0.15) is 71.1 Å². The van der Waals surface area contributed by atoms with Gasteiger partial charge in [0.25, 0.3) is 0 Å². The van der Waals surface area contributed by atoms with Crippen molar-refractivity contribution >= 4 is 0 Å². The molecule has 2 fully saturated rings. The van der Waals surface area contributed by atoms with E-state index >= 15 is 0 Å². The van der Waals surface area contributed by atoms with E-state index in [1.54, 1.807) is 25.7 Å². The molecule has 0 aliphatic heterocycles. The molecule has 0 heterocycles. The summed E-state index contributed by atoms with van der Waals surface area (Å²) < 4.78 is 0. The summed E-state index contributed by atoms with van der Waals surface area (Å²) in [6, 6.07) is 0. The van der Waals surface area contributed by atoms with Crippen LogP contribution >= 0.6 is 0 Å². The van der Waals surface area contributed by atoms with E-state index in [1.165, 1.54) is 38.5 Å². The Kier molecular flexibility index (Phi) is 3.89. The summed E-state index contributed by atoms with van der Waals surface area (Å²) in [5, 5.41) is 0. The van der Waals surface area contributed by atoms with Gasteiger partial charge in [0.15, 0.2) is 0 Å². The van der Waals surface area contributed by atoms with Crippen molar-refractivity contribution in [2.75, 3.05) is 0 Å². The van der Waals surface area contributed by atoms with Gasteiger partial charge in [-0.05, 0) is 17.8 Å². The Morgan fingerprint density at radius 1 is 0.786 bits per heavy atom. The van der Waals surface area contributed by atoms with Crippen molar-refractivity contribution in [3.05, 3.63) is 0 Å². The van der Waals surface area contributed by atoms with Crippen LogP contribution in [0, 0.1) is 17.8 Å². The summed E-state index contributed by atoms with van der Waals surface area (Å²) in [5.74, 6) is 3.32. The third-order valence-electron chi connectivity index (χ3n) is 4.73. The molecule has 0 bridgehead atoms. The first-order valence-corrected chi connectivity index (χ1v) is 6.92. The molecule has 2 saturated carbocycles. The van der Waals surface area contributed by atoms with Crippen LogP contribution in [0.2, 0.25) is 0 Å². The maximum atomic E-state index is 2.43. The van der Waals surface area contributed by atoms with Crippen LogP contribution < -0.4 is 0 Å². The highest BCUT2D eigenvalue weighted by Gasteiger charge is 2.30. The minimum atomic E-state index is 1.10. The lowest BCUT2D eigenvalue weighted by Gasteiger charge is -2.33. The summed E-state index contributed by atoms with van der Waals surface area (Å²) in [7, 11) is 0. The van der Waals surface area contributed by atoms with Gasteiger partial charge in [-0.3, -0.25) is 0 Å². The molecule has 0 amide bonds. The molecular weight excluding hydrogens is 168 g/mol. The molecule has 0 aromatic rings. The summed E-state index contributed by atoms with van der Waals surface area (Å²) in [6.45, 7) is 2.43. The molecule has 0 saturated heterocycles. The van der Waals surface area contributed by atoms with E-state index in [-0.39, 0.29) is 0 Å². The lowest BCUT2D eigenvalue weighted by molar-refractivity contribution is 0.173. The van der Waals surface area contributed by atoms with Gasteiger partial charge in [0.2, 0.25) is 0 Å². The minimum Gasteiger partial charge on any atom is -0.0651 e. The smallest absolute Gasteiger partial charge is 0.0360 e. The van der Waals surface area contributed by atoms with Crippen molar-refractivity contribution in [3.8, 4) is 0 Å². The predicted octanol–water partition coefficient (Wildman–Crippen LogP) is 4.78. The molecule has 0 aromatic carbocycles. The van der Waals surface area contributed by atoms with Gasteiger partial charge in [-0.15, -0.1) is 0 Å². The lowest BCUT2D eigenvalue weighted by Crippen LogP contribution is -2.23. The zero-order valence-corrected chi connectivity index (χ0v) is 9.80. The molecular formula is C14H26. The van der Waals surface area contributed by atoms with Crippen molar-refractivity contribution < 1.29 is 0 Å². The van der Waals surface area contributed by atoms with E-state index in [4.69, 9.17) is 0 Å². The molecule has 82 valence electrons. The van der Waals surface area contributed by atoms with Crippen LogP contribution in [0.4, 0.5) is 0 Å². The Morgan fingerprint density at radius 3 is 1.64 bits per heavy atom. The Bertz CT molecular complexity index is 149. The Labute approximate surface area is 89.5 Å². The van der Waals surface area contributed by atoms with E-state index in [9.17, 15) is 0 Å². The van der Waals surface area contributed by atoms with E-state index in [2.05, 4.69) is 6.92 Å². The molecule has 0 spiro atoms. The average molecular weight is 194 g/mol. The third kappa shape index (κ3) is 2.32. The summed E-state index contributed by atoms with van der Waals surface area (Å²) >= 11 is 0. The standard InChI is InChI=1S/C14H26/c1-2-14(13-10-6-7-11-13)12-8-4-3-5-9-12/h12-14H,2-11H2,1H3. The van der Waals surface area contributed by atoms with Gasteiger partial charge in [-0.2, -0.15) is 0 Å². The summed E-state index contributed by atoms with van der Waals surface area (Å²) in [4.78, 5) is 0. The average Bonchev–Trinajstić information content (AvgIpc) is 2.74. The van der Waals surface area contributed by atoms with Gasteiger partial charge in [-0.1, -0.05) is 71.1 Å². The van der Waals surface area contributed by atoms with Crippen molar-refractivity contribution in [1.29, 1.82) is 0 Å². The molecule has 0 N–H and O–H groups in total. The highest BCUT2D eigenvalue weighted by atomic mass is 14.4. The first kappa shape index (κ1) is 10.5. The molecule has 2 aliphatic carbocycles. The summed E-state index contributed by atoms with van der Waals surface area (Å²) in [5.41, 5.74) is 0. The first-order chi connectivity index (χ1) is 6.92. The Morgan fingerprint density at radius 2 is 1.21 bits per heavy atom. The summed E-state index contributed by atoms with van der Waals surface area (Å²) in [6.07, 6.45) is 15.3. The number of rotatable bonds is 3. The van der Waals surface area contributed by atoms with Gasteiger partial charge in [0, 0.05) is 0 Å². The fraction of sp³-hybridized carbons (Fsp3) is 1.00. The van der Waals surface area contributed by atoms with Crippen LogP contribution in [0.15, 0.2) is 0 Å². The quantitative estimate of drug-likeness (QED) is 0.606. The SMILES string of the molecule is CCC(C1CCCCC1)C1CCCC1. The normalized spacial score (nSPS) is 28.1. The Hall–Kier alpha value is 0. The van der Waals surface area contributed by atoms with Gasteiger partial charge >= 0.3 is 0 Å². The van der Waals surface area contributed by atoms with Gasteiger partial charge < -0.3 is 0 Å². The highest BCUT2D eigenvalue weighted by Crippen LogP contribution is 2.42. The molecule has 2 aliphatic rings. The van der Waals surface area contributed by atoms with Crippen LogP contribution in [0.3, 0.4) is 0 Å². The van der Waals surface area contributed by atoms with E-state index < -0.39 is 0 Å². The Balaban J connectivity index is 1.89. The molecule has 1 unspecified atom stereocenters.